The van der Waals surface area contributed by atoms with E-state index < -0.39 is 6.36 Å². The van der Waals surface area contributed by atoms with Crippen LogP contribution in [-0.4, -0.2) is 17.3 Å². The Balaban J connectivity index is 1.74. The summed E-state index contributed by atoms with van der Waals surface area (Å²) in [6.07, 6.45) is -3.25. The Morgan fingerprint density at radius 1 is 0.964 bits per heavy atom. The molecule has 0 spiro atoms. The molecule has 2 aromatic carbocycles. The molecule has 0 saturated carbocycles. The van der Waals surface area contributed by atoms with Crippen LogP contribution in [0.2, 0.25) is 0 Å². The van der Waals surface area contributed by atoms with E-state index in [-0.39, 0.29) is 17.5 Å². The van der Waals surface area contributed by atoms with E-state index in [0.717, 1.165) is 5.56 Å². The molecule has 1 amide bonds. The topological polar surface area (TPSA) is 63.2 Å². The number of ether oxygens (including phenoxy) is 1. The van der Waals surface area contributed by atoms with Crippen molar-refractivity contribution in [3.05, 3.63) is 78.0 Å². The Bertz CT molecular complexity index is 956. The number of hydrogen-bond acceptors (Lipinski definition) is 4. The van der Waals surface area contributed by atoms with Crippen molar-refractivity contribution >= 4 is 23.1 Å². The molecule has 0 aliphatic heterocycles. The summed E-state index contributed by atoms with van der Waals surface area (Å²) in [4.78, 5) is 16.7. The monoisotopic (exact) mass is 387 g/mol. The summed E-state index contributed by atoms with van der Waals surface area (Å²) in [5.74, 6) is -0.426. The minimum absolute atomic E-state index is 0.275. The summed E-state index contributed by atoms with van der Waals surface area (Å²) in [6, 6.07) is 15.7. The number of carbonyl (C=O) groups excluding carboxylic acids is 1. The van der Waals surface area contributed by atoms with Crippen LogP contribution in [0.4, 0.5) is 30.4 Å². The van der Waals surface area contributed by atoms with Gasteiger partial charge in [-0.05, 0) is 55.5 Å². The quantitative estimate of drug-likeness (QED) is 0.625. The highest BCUT2D eigenvalue weighted by molar-refractivity contribution is 6.07. The Hall–Kier alpha value is -3.55. The van der Waals surface area contributed by atoms with E-state index in [0.29, 0.717) is 16.9 Å². The van der Waals surface area contributed by atoms with Gasteiger partial charge in [0.25, 0.3) is 5.91 Å². The Labute approximate surface area is 159 Å². The van der Waals surface area contributed by atoms with Crippen molar-refractivity contribution in [3.8, 4) is 5.75 Å². The average Bonchev–Trinajstić information content (AvgIpc) is 2.64. The van der Waals surface area contributed by atoms with Gasteiger partial charge in [0.1, 0.15) is 11.6 Å². The highest BCUT2D eigenvalue weighted by Gasteiger charge is 2.30. The summed E-state index contributed by atoms with van der Waals surface area (Å²) in [7, 11) is 0. The predicted molar refractivity (Wildman–Crippen MR) is 99.8 cm³/mol. The molecular formula is C20H16F3N3O2. The number of anilines is 3. The van der Waals surface area contributed by atoms with Gasteiger partial charge in [0.2, 0.25) is 0 Å². The number of aryl methyl sites for hydroxylation is 1. The fourth-order valence-corrected chi connectivity index (χ4v) is 2.40. The molecule has 0 saturated heterocycles. The van der Waals surface area contributed by atoms with Crippen LogP contribution in [0.3, 0.4) is 0 Å². The van der Waals surface area contributed by atoms with Gasteiger partial charge in [0.05, 0.1) is 5.56 Å². The minimum atomic E-state index is -4.75. The molecule has 2 N–H and O–H groups in total. The zero-order chi connectivity index (χ0) is 20.1. The van der Waals surface area contributed by atoms with Crippen molar-refractivity contribution in [1.29, 1.82) is 0 Å². The maximum Gasteiger partial charge on any atom is 0.573 e. The highest BCUT2D eigenvalue weighted by atomic mass is 19.4. The maximum absolute atomic E-state index is 12.6. The zero-order valence-electron chi connectivity index (χ0n) is 14.7. The number of amides is 1. The van der Waals surface area contributed by atoms with Crippen LogP contribution in [0.15, 0.2) is 66.9 Å². The van der Waals surface area contributed by atoms with Crippen LogP contribution in [-0.2, 0) is 0 Å². The van der Waals surface area contributed by atoms with E-state index in [2.05, 4.69) is 20.4 Å². The summed E-state index contributed by atoms with van der Waals surface area (Å²) in [6.45, 7) is 1.94. The smallest absolute Gasteiger partial charge is 0.406 e. The predicted octanol–water partition coefficient (Wildman–Crippen LogP) is 5.28. The fraction of sp³-hybridized carbons (Fsp3) is 0.100. The standard InChI is InChI=1S/C20H16F3N3O2/c1-13-4-6-15(7-5-13)26-19(27)17-3-2-12-24-18(17)25-14-8-10-16(11-9-14)28-20(21,22)23/h2-12H,1H3,(H,24,25)(H,26,27). The molecule has 0 unspecified atom stereocenters. The second kappa shape index (κ2) is 7.99. The second-order valence-corrected chi connectivity index (χ2v) is 5.92. The van der Waals surface area contributed by atoms with Crippen molar-refractivity contribution in [1.82, 2.24) is 4.98 Å². The lowest BCUT2D eigenvalue weighted by molar-refractivity contribution is -0.274. The van der Waals surface area contributed by atoms with Gasteiger partial charge in [0.15, 0.2) is 0 Å². The number of nitrogens with zero attached hydrogens (tertiary/aromatic N) is 1. The van der Waals surface area contributed by atoms with Crippen molar-refractivity contribution in [3.63, 3.8) is 0 Å². The first-order valence-corrected chi connectivity index (χ1v) is 8.26. The summed E-state index contributed by atoms with van der Waals surface area (Å²) >= 11 is 0. The van der Waals surface area contributed by atoms with Crippen LogP contribution >= 0.6 is 0 Å². The van der Waals surface area contributed by atoms with E-state index in [1.807, 2.05) is 19.1 Å². The van der Waals surface area contributed by atoms with Crippen molar-refractivity contribution < 1.29 is 22.7 Å². The summed E-state index contributed by atoms with van der Waals surface area (Å²) in [5, 5.41) is 5.71. The molecule has 0 radical (unpaired) electrons. The molecule has 28 heavy (non-hydrogen) atoms. The third-order valence-electron chi connectivity index (χ3n) is 3.71. The van der Waals surface area contributed by atoms with E-state index in [4.69, 9.17) is 0 Å². The number of carbonyl (C=O) groups is 1. The van der Waals surface area contributed by atoms with E-state index >= 15 is 0 Å². The SMILES string of the molecule is Cc1ccc(NC(=O)c2cccnc2Nc2ccc(OC(F)(F)F)cc2)cc1. The third-order valence-corrected chi connectivity index (χ3v) is 3.71. The number of rotatable bonds is 5. The molecular weight excluding hydrogens is 371 g/mol. The first kappa shape index (κ1) is 19.2. The Morgan fingerprint density at radius 2 is 1.61 bits per heavy atom. The van der Waals surface area contributed by atoms with E-state index in [1.165, 1.54) is 30.5 Å². The van der Waals surface area contributed by atoms with Gasteiger partial charge in [-0.15, -0.1) is 13.2 Å². The fourth-order valence-electron chi connectivity index (χ4n) is 2.40. The van der Waals surface area contributed by atoms with Crippen LogP contribution in [0, 0.1) is 6.92 Å². The number of alkyl halides is 3. The molecule has 144 valence electrons. The minimum Gasteiger partial charge on any atom is -0.406 e. The highest BCUT2D eigenvalue weighted by Crippen LogP contribution is 2.26. The van der Waals surface area contributed by atoms with Crippen LogP contribution < -0.4 is 15.4 Å². The molecule has 0 bridgehead atoms. The lowest BCUT2D eigenvalue weighted by Crippen LogP contribution is -2.17. The average molecular weight is 387 g/mol. The first-order valence-electron chi connectivity index (χ1n) is 8.26. The van der Waals surface area contributed by atoms with Crippen molar-refractivity contribution in [2.24, 2.45) is 0 Å². The molecule has 0 aliphatic carbocycles. The lowest BCUT2D eigenvalue weighted by atomic mass is 10.2. The molecule has 5 nitrogen and oxygen atoms in total. The number of pyridine rings is 1. The van der Waals surface area contributed by atoms with Gasteiger partial charge >= 0.3 is 6.36 Å². The van der Waals surface area contributed by atoms with Gasteiger partial charge < -0.3 is 15.4 Å². The largest absolute Gasteiger partial charge is 0.573 e. The van der Waals surface area contributed by atoms with Gasteiger partial charge in [-0.1, -0.05) is 17.7 Å². The van der Waals surface area contributed by atoms with Crippen LogP contribution in [0.25, 0.3) is 0 Å². The molecule has 1 heterocycles. The van der Waals surface area contributed by atoms with E-state index in [1.54, 1.807) is 24.3 Å². The van der Waals surface area contributed by atoms with Crippen molar-refractivity contribution in [2.75, 3.05) is 10.6 Å². The normalized spacial score (nSPS) is 11.0. The molecule has 0 atom stereocenters. The third kappa shape index (κ3) is 5.23. The molecule has 3 aromatic rings. The van der Waals surface area contributed by atoms with Gasteiger partial charge in [0, 0.05) is 17.6 Å². The number of benzene rings is 2. The lowest BCUT2D eigenvalue weighted by Gasteiger charge is -2.12. The Morgan fingerprint density at radius 3 is 2.25 bits per heavy atom. The van der Waals surface area contributed by atoms with Crippen LogP contribution in [0.5, 0.6) is 5.75 Å². The van der Waals surface area contributed by atoms with Gasteiger partial charge in [-0.3, -0.25) is 4.79 Å². The molecule has 1 aromatic heterocycles. The molecule has 0 fully saturated rings. The number of nitrogens with one attached hydrogen (secondary N) is 2. The second-order valence-electron chi connectivity index (χ2n) is 5.92. The molecule has 3 rings (SSSR count). The molecule has 0 aliphatic rings. The summed E-state index contributed by atoms with van der Waals surface area (Å²) < 4.78 is 40.6. The Kier molecular flexibility index (Phi) is 5.49. The first-order chi connectivity index (χ1) is 13.3. The van der Waals surface area contributed by atoms with Crippen molar-refractivity contribution in [2.45, 2.75) is 13.3 Å². The summed E-state index contributed by atoms with van der Waals surface area (Å²) in [5.41, 5.74) is 2.45. The van der Waals surface area contributed by atoms with Crippen LogP contribution in [0.1, 0.15) is 15.9 Å². The zero-order valence-corrected chi connectivity index (χ0v) is 14.7. The number of aromatic nitrogens is 1. The molecule has 8 heteroatoms. The maximum atomic E-state index is 12.6. The van der Waals surface area contributed by atoms with Gasteiger partial charge in [-0.2, -0.15) is 0 Å². The number of hydrogen-bond donors (Lipinski definition) is 2. The van der Waals surface area contributed by atoms with Gasteiger partial charge in [-0.25, -0.2) is 4.98 Å². The number of halogens is 3. The van der Waals surface area contributed by atoms with E-state index in [9.17, 15) is 18.0 Å².